The van der Waals surface area contributed by atoms with E-state index in [1.165, 1.54) is 29.5 Å². The van der Waals surface area contributed by atoms with E-state index in [4.69, 9.17) is 14.5 Å². The van der Waals surface area contributed by atoms with Crippen molar-refractivity contribution in [1.29, 1.82) is 5.26 Å². The van der Waals surface area contributed by atoms with E-state index in [1.54, 1.807) is 12.1 Å². The van der Waals surface area contributed by atoms with Crippen LogP contribution in [0.3, 0.4) is 0 Å². The Morgan fingerprint density at radius 2 is 1.93 bits per heavy atom. The van der Waals surface area contributed by atoms with Crippen LogP contribution in [0.15, 0.2) is 36.4 Å². The van der Waals surface area contributed by atoms with Gasteiger partial charge in [0.25, 0.3) is 0 Å². The first-order valence-corrected chi connectivity index (χ1v) is 15.5. The van der Waals surface area contributed by atoms with Gasteiger partial charge in [-0.1, -0.05) is 11.3 Å². The zero-order valence-corrected chi connectivity index (χ0v) is 24.8. The number of ether oxygens (including phenoxy) is 2. The van der Waals surface area contributed by atoms with Crippen LogP contribution in [-0.2, 0) is 16.0 Å². The second-order valence-electron chi connectivity index (χ2n) is 12.1. The maximum Gasteiger partial charge on any atom is 0.228 e. The van der Waals surface area contributed by atoms with Crippen LogP contribution in [0.5, 0.6) is 5.75 Å². The molecule has 224 valence electrons. The molecule has 4 aliphatic heterocycles. The summed E-state index contributed by atoms with van der Waals surface area (Å²) in [4.78, 5) is 28.5. The Hall–Kier alpha value is -4.34. The summed E-state index contributed by atoms with van der Waals surface area (Å²) in [7, 11) is 1.82. The third-order valence-corrected chi connectivity index (χ3v) is 10.2. The lowest BCUT2D eigenvalue weighted by Crippen LogP contribution is -2.73. The first kappa shape index (κ1) is 27.2. The molecule has 12 heteroatoms. The first-order valence-electron chi connectivity index (χ1n) is 14.6. The molecule has 0 aliphatic carbocycles. The number of amides is 1. The second kappa shape index (κ2) is 10.1. The normalized spacial score (nSPS) is 19.8. The number of hydrogen-bond donors (Lipinski definition) is 0. The highest BCUT2D eigenvalue weighted by Crippen LogP contribution is 2.48. The van der Waals surface area contributed by atoms with Gasteiger partial charge in [-0.15, -0.1) is 0 Å². The molecule has 44 heavy (non-hydrogen) atoms. The Morgan fingerprint density at radius 1 is 1.14 bits per heavy atom. The van der Waals surface area contributed by atoms with Crippen molar-refractivity contribution in [2.75, 3.05) is 62.8 Å². The van der Waals surface area contributed by atoms with Crippen molar-refractivity contribution in [1.82, 2.24) is 14.9 Å². The highest BCUT2D eigenvalue weighted by molar-refractivity contribution is 7.16. The monoisotopic (exact) mass is 614 g/mol. The van der Waals surface area contributed by atoms with Crippen LogP contribution >= 0.6 is 11.3 Å². The van der Waals surface area contributed by atoms with Gasteiger partial charge in [0.05, 0.1) is 30.5 Å². The number of hydrogen-bond acceptors (Lipinski definition) is 9. The fourth-order valence-corrected chi connectivity index (χ4v) is 7.74. The van der Waals surface area contributed by atoms with E-state index in [9.17, 15) is 14.4 Å². The molecule has 3 fully saturated rings. The summed E-state index contributed by atoms with van der Waals surface area (Å²) in [5, 5.41) is 11.0. The van der Waals surface area contributed by atoms with Gasteiger partial charge in [0.1, 0.15) is 28.0 Å². The van der Waals surface area contributed by atoms with Gasteiger partial charge in [-0.3, -0.25) is 4.79 Å². The molecule has 0 bridgehead atoms. The highest BCUT2D eigenvalue weighted by atomic mass is 32.1. The van der Waals surface area contributed by atoms with E-state index in [1.807, 2.05) is 22.9 Å². The molecule has 2 aromatic heterocycles. The SMILES string of the molecule is CN(c1nc(-c2ccc(F)cc2)c(C#N)s1)c1c2c(nc3c(F)cc(N4CC5(CN(C(=O)[C@H]6CCOC6)C5)C4)cc13)CCO2. The number of anilines is 3. The van der Waals surface area contributed by atoms with Gasteiger partial charge >= 0.3 is 0 Å². The molecular formula is C32H28F2N6O3S. The Balaban J connectivity index is 1.11. The lowest BCUT2D eigenvalue weighted by molar-refractivity contribution is -0.149. The zero-order valence-electron chi connectivity index (χ0n) is 24.0. The Morgan fingerprint density at radius 3 is 2.66 bits per heavy atom. The van der Waals surface area contributed by atoms with Crippen LogP contribution in [0.25, 0.3) is 22.2 Å². The van der Waals surface area contributed by atoms with Gasteiger partial charge in [-0.2, -0.15) is 5.26 Å². The molecule has 4 aromatic rings. The molecule has 8 rings (SSSR count). The number of nitriles is 1. The minimum atomic E-state index is -0.418. The van der Waals surface area contributed by atoms with E-state index in [-0.39, 0.29) is 28.6 Å². The summed E-state index contributed by atoms with van der Waals surface area (Å²) < 4.78 is 40.8. The fourth-order valence-electron chi connectivity index (χ4n) is 6.89. The number of rotatable bonds is 5. The topological polar surface area (TPSA) is 94.8 Å². The number of fused-ring (bicyclic) bond motifs is 2. The van der Waals surface area contributed by atoms with Crippen molar-refractivity contribution in [2.45, 2.75) is 12.8 Å². The predicted molar refractivity (Wildman–Crippen MR) is 161 cm³/mol. The van der Waals surface area contributed by atoms with Crippen molar-refractivity contribution in [3.63, 3.8) is 0 Å². The van der Waals surface area contributed by atoms with Crippen LogP contribution < -0.4 is 14.5 Å². The summed E-state index contributed by atoms with van der Waals surface area (Å²) in [5.74, 6) is -0.0564. The number of likely N-dealkylation sites (tertiary alicyclic amines) is 1. The molecule has 0 saturated carbocycles. The minimum Gasteiger partial charge on any atom is -0.489 e. The number of carbonyl (C=O) groups excluding carboxylic acids is 1. The Labute approximate surface area is 256 Å². The molecule has 3 saturated heterocycles. The lowest BCUT2D eigenvalue weighted by atomic mass is 9.72. The molecule has 1 amide bonds. The standard InChI is InChI=1S/C32H28F2N6O3S/c1-38(31-37-26(25(12-35)44-31)18-2-4-20(33)5-3-18)28-22-10-21(11-23(34)27(22)36-24-7-9-43-29(24)28)39-14-32(15-39)16-40(17-32)30(41)19-6-8-42-13-19/h2-5,10-11,19H,6-9,13-17H2,1H3/t19-/m0/s1. The first-order chi connectivity index (χ1) is 21.3. The summed E-state index contributed by atoms with van der Waals surface area (Å²) in [6.07, 6.45) is 1.35. The molecule has 4 aliphatic rings. The number of pyridine rings is 1. The van der Waals surface area contributed by atoms with Crippen molar-refractivity contribution in [3.05, 3.63) is 58.6 Å². The van der Waals surface area contributed by atoms with Gasteiger partial charge < -0.3 is 24.2 Å². The maximum atomic E-state index is 15.8. The third-order valence-electron chi connectivity index (χ3n) is 9.13. The van der Waals surface area contributed by atoms with Gasteiger partial charge in [0, 0.05) is 68.3 Å². The van der Waals surface area contributed by atoms with Crippen molar-refractivity contribution >= 4 is 44.7 Å². The molecule has 0 radical (unpaired) electrons. The van der Waals surface area contributed by atoms with Gasteiger partial charge in [0.15, 0.2) is 16.7 Å². The van der Waals surface area contributed by atoms with Gasteiger partial charge in [0.2, 0.25) is 5.91 Å². The van der Waals surface area contributed by atoms with Crippen LogP contribution in [0.2, 0.25) is 0 Å². The zero-order chi connectivity index (χ0) is 30.2. The third kappa shape index (κ3) is 4.29. The van der Waals surface area contributed by atoms with Gasteiger partial charge in [-0.25, -0.2) is 18.7 Å². The average Bonchev–Trinajstić information content (AvgIpc) is 3.76. The number of carbonyl (C=O) groups is 1. The number of nitrogens with zero attached hydrogens (tertiary/aromatic N) is 6. The molecular weight excluding hydrogens is 586 g/mol. The molecule has 0 unspecified atom stereocenters. The summed E-state index contributed by atoms with van der Waals surface area (Å²) in [6.45, 7) is 4.50. The Bertz CT molecular complexity index is 1850. The summed E-state index contributed by atoms with van der Waals surface area (Å²) >= 11 is 1.21. The number of thiazole rings is 1. The average molecular weight is 615 g/mol. The van der Waals surface area contributed by atoms with Crippen molar-refractivity contribution in [2.24, 2.45) is 11.3 Å². The van der Waals surface area contributed by atoms with Crippen LogP contribution in [0.1, 0.15) is 17.0 Å². The molecule has 6 heterocycles. The van der Waals surface area contributed by atoms with E-state index in [0.29, 0.717) is 83.1 Å². The smallest absolute Gasteiger partial charge is 0.228 e. The molecule has 0 N–H and O–H groups in total. The summed E-state index contributed by atoms with van der Waals surface area (Å²) in [5.41, 5.74) is 3.44. The van der Waals surface area contributed by atoms with Crippen LogP contribution in [0.4, 0.5) is 25.3 Å². The number of aromatic nitrogens is 2. The second-order valence-corrected chi connectivity index (χ2v) is 13.1. The van der Waals surface area contributed by atoms with E-state index in [0.717, 1.165) is 25.2 Å². The van der Waals surface area contributed by atoms with Gasteiger partial charge in [-0.05, 0) is 42.8 Å². The van der Waals surface area contributed by atoms with Crippen molar-refractivity contribution in [3.8, 4) is 23.1 Å². The lowest BCUT2D eigenvalue weighted by Gasteiger charge is -2.61. The fraction of sp³-hybridized carbons (Fsp3) is 0.375. The highest BCUT2D eigenvalue weighted by Gasteiger charge is 2.54. The predicted octanol–water partition coefficient (Wildman–Crippen LogP) is 4.90. The van der Waals surface area contributed by atoms with E-state index < -0.39 is 5.82 Å². The minimum absolute atomic E-state index is 0.0289. The van der Waals surface area contributed by atoms with Crippen molar-refractivity contribution < 1.29 is 23.0 Å². The Kier molecular flexibility index (Phi) is 6.25. The quantitative estimate of drug-likeness (QED) is 0.314. The maximum absolute atomic E-state index is 15.8. The molecule has 1 spiro atoms. The largest absolute Gasteiger partial charge is 0.489 e. The van der Waals surface area contributed by atoms with E-state index in [2.05, 4.69) is 16.0 Å². The molecule has 2 aromatic carbocycles. The van der Waals surface area contributed by atoms with Crippen LogP contribution in [0, 0.1) is 34.3 Å². The van der Waals surface area contributed by atoms with Crippen LogP contribution in [-0.4, -0.2) is 73.8 Å². The number of halogens is 2. The molecule has 1 atom stereocenters. The number of benzene rings is 2. The molecule has 9 nitrogen and oxygen atoms in total. The van der Waals surface area contributed by atoms with E-state index >= 15 is 4.39 Å². The summed E-state index contributed by atoms with van der Waals surface area (Å²) in [6, 6.07) is 11.6.